The molecule has 164 valence electrons. The number of thioether (sulfide) groups is 1. The van der Waals surface area contributed by atoms with Gasteiger partial charge in [-0.15, -0.1) is 11.8 Å². The van der Waals surface area contributed by atoms with Crippen molar-refractivity contribution >= 4 is 62.2 Å². The van der Waals surface area contributed by atoms with E-state index in [9.17, 15) is 15.0 Å². The standard InChI is InChI=1S/C19H20BrClN6O3S/c1-26(2)17(30)14-12(28)13(29)18(31-14)27-8-23-11-15(24-19(21)25-16(11)27)22-7-9-4-3-5-10(20)6-9/h3-6,8,12-14,18,28-29H,7H2,1-2H3,(H,22,24,25)/t12-,13+,14-,18+/m0/s1. The first-order valence-corrected chi connectivity index (χ1v) is 11.5. The van der Waals surface area contributed by atoms with Crippen LogP contribution in [0.1, 0.15) is 10.9 Å². The lowest BCUT2D eigenvalue weighted by molar-refractivity contribution is -0.131. The second-order valence-corrected chi connectivity index (χ2v) is 9.83. The summed E-state index contributed by atoms with van der Waals surface area (Å²) in [4.78, 5) is 26.7. The number of imidazole rings is 1. The summed E-state index contributed by atoms with van der Waals surface area (Å²) in [6.07, 6.45) is -0.882. The first-order valence-electron chi connectivity index (χ1n) is 9.37. The van der Waals surface area contributed by atoms with Crippen LogP contribution in [0.5, 0.6) is 0 Å². The molecule has 3 aromatic rings. The smallest absolute Gasteiger partial charge is 0.238 e. The molecule has 0 spiro atoms. The number of benzene rings is 1. The summed E-state index contributed by atoms with van der Waals surface area (Å²) in [7, 11) is 3.22. The van der Waals surface area contributed by atoms with Crippen molar-refractivity contribution < 1.29 is 15.0 Å². The maximum absolute atomic E-state index is 12.4. The van der Waals surface area contributed by atoms with Gasteiger partial charge in [0.05, 0.1) is 6.33 Å². The minimum absolute atomic E-state index is 0.0185. The fourth-order valence-corrected chi connectivity index (χ4v) is 5.55. The van der Waals surface area contributed by atoms with Crippen molar-refractivity contribution in [1.82, 2.24) is 24.4 Å². The van der Waals surface area contributed by atoms with Crippen molar-refractivity contribution in [3.8, 4) is 0 Å². The Morgan fingerprint density at radius 1 is 1.32 bits per heavy atom. The molecule has 0 bridgehead atoms. The number of carbonyl (C=O) groups excluding carboxylic acids is 1. The van der Waals surface area contributed by atoms with E-state index < -0.39 is 22.8 Å². The summed E-state index contributed by atoms with van der Waals surface area (Å²) < 4.78 is 2.59. The highest BCUT2D eigenvalue weighted by Gasteiger charge is 2.47. The van der Waals surface area contributed by atoms with Crippen LogP contribution >= 0.6 is 39.3 Å². The molecule has 0 aliphatic carbocycles. The number of aliphatic hydroxyl groups excluding tert-OH is 2. The Morgan fingerprint density at radius 2 is 2.10 bits per heavy atom. The Morgan fingerprint density at radius 3 is 2.81 bits per heavy atom. The van der Waals surface area contributed by atoms with Crippen LogP contribution in [0, 0.1) is 0 Å². The molecule has 1 aliphatic heterocycles. The normalized spacial score (nSPS) is 23.3. The van der Waals surface area contributed by atoms with Crippen molar-refractivity contribution in [1.29, 1.82) is 0 Å². The van der Waals surface area contributed by atoms with Gasteiger partial charge in [-0.05, 0) is 29.3 Å². The molecule has 0 unspecified atom stereocenters. The lowest BCUT2D eigenvalue weighted by Crippen LogP contribution is -2.40. The van der Waals surface area contributed by atoms with E-state index in [1.54, 1.807) is 18.7 Å². The molecular formula is C19H20BrClN6O3S. The number of fused-ring (bicyclic) bond motifs is 1. The van der Waals surface area contributed by atoms with Gasteiger partial charge in [-0.2, -0.15) is 9.97 Å². The van der Waals surface area contributed by atoms with Crippen LogP contribution in [0.3, 0.4) is 0 Å². The van der Waals surface area contributed by atoms with Gasteiger partial charge in [0.1, 0.15) is 22.8 Å². The van der Waals surface area contributed by atoms with Crippen molar-refractivity contribution in [2.75, 3.05) is 19.4 Å². The van der Waals surface area contributed by atoms with Crippen LogP contribution < -0.4 is 5.32 Å². The average Bonchev–Trinajstić information content (AvgIpc) is 3.27. The Labute approximate surface area is 196 Å². The molecule has 0 saturated carbocycles. The Bertz CT molecular complexity index is 1130. The second kappa shape index (κ2) is 8.91. The van der Waals surface area contributed by atoms with E-state index in [0.717, 1.165) is 21.8 Å². The number of anilines is 1. The molecule has 1 saturated heterocycles. The predicted octanol–water partition coefficient (Wildman–Crippen LogP) is 2.28. The van der Waals surface area contributed by atoms with Crippen molar-refractivity contribution in [2.45, 2.75) is 29.4 Å². The average molecular weight is 528 g/mol. The monoisotopic (exact) mass is 526 g/mol. The number of aliphatic hydroxyl groups is 2. The highest BCUT2D eigenvalue weighted by molar-refractivity contribution is 9.10. The van der Waals surface area contributed by atoms with E-state index in [0.29, 0.717) is 23.5 Å². The molecule has 4 atom stereocenters. The third kappa shape index (κ3) is 4.37. The van der Waals surface area contributed by atoms with Gasteiger partial charge >= 0.3 is 0 Å². The van der Waals surface area contributed by atoms with Gasteiger partial charge in [-0.1, -0.05) is 28.1 Å². The van der Waals surface area contributed by atoms with Gasteiger partial charge in [0.2, 0.25) is 11.2 Å². The Hall–Kier alpha value is -1.92. The maximum Gasteiger partial charge on any atom is 0.238 e. The molecule has 1 amide bonds. The van der Waals surface area contributed by atoms with E-state index in [1.807, 2.05) is 24.3 Å². The zero-order valence-corrected chi connectivity index (χ0v) is 19.8. The zero-order chi connectivity index (χ0) is 22.3. The molecule has 1 fully saturated rings. The number of hydrogen-bond donors (Lipinski definition) is 3. The van der Waals surface area contributed by atoms with Crippen LogP contribution in [0.2, 0.25) is 5.28 Å². The molecule has 2 aromatic heterocycles. The lowest BCUT2D eigenvalue weighted by Gasteiger charge is -2.18. The predicted molar refractivity (Wildman–Crippen MR) is 123 cm³/mol. The van der Waals surface area contributed by atoms with Gasteiger partial charge in [0.15, 0.2) is 17.0 Å². The molecule has 9 nitrogen and oxygen atoms in total. The third-order valence-electron chi connectivity index (χ3n) is 4.94. The Kier molecular flexibility index (Phi) is 6.40. The molecule has 1 aliphatic rings. The SMILES string of the molecule is CN(C)C(=O)[C@H]1S[C@@H](n2cnc3c(NCc4cccc(Br)c4)nc(Cl)nc32)[C@H](O)[C@@H]1O. The first kappa shape index (κ1) is 22.3. The fraction of sp³-hybridized carbons (Fsp3) is 0.368. The molecule has 3 N–H and O–H groups in total. The van der Waals surface area contributed by atoms with E-state index in [1.165, 1.54) is 11.2 Å². The highest BCUT2D eigenvalue weighted by atomic mass is 79.9. The van der Waals surface area contributed by atoms with Gasteiger partial charge in [-0.3, -0.25) is 9.36 Å². The number of hydrogen-bond acceptors (Lipinski definition) is 8. The third-order valence-corrected chi connectivity index (χ3v) is 7.16. The van der Waals surface area contributed by atoms with E-state index in [4.69, 9.17) is 11.6 Å². The summed E-state index contributed by atoms with van der Waals surface area (Å²) in [6.45, 7) is 0.494. The summed E-state index contributed by atoms with van der Waals surface area (Å²) in [5.41, 5.74) is 1.91. The lowest BCUT2D eigenvalue weighted by atomic mass is 10.1. The number of nitrogens with one attached hydrogen (secondary N) is 1. The van der Waals surface area contributed by atoms with Crippen LogP contribution in [-0.4, -0.2) is 72.1 Å². The minimum atomic E-state index is -1.21. The quantitative estimate of drug-likeness (QED) is 0.433. The zero-order valence-electron chi connectivity index (χ0n) is 16.6. The van der Waals surface area contributed by atoms with Crippen LogP contribution in [0.15, 0.2) is 35.1 Å². The van der Waals surface area contributed by atoms with Crippen LogP contribution in [0.4, 0.5) is 5.82 Å². The number of rotatable bonds is 5. The Balaban J connectivity index is 1.64. The van der Waals surface area contributed by atoms with E-state index in [2.05, 4.69) is 36.2 Å². The van der Waals surface area contributed by atoms with Crippen LogP contribution in [0.25, 0.3) is 11.2 Å². The molecule has 31 heavy (non-hydrogen) atoms. The first-order chi connectivity index (χ1) is 14.8. The summed E-state index contributed by atoms with van der Waals surface area (Å²) in [5.74, 6) is 0.181. The second-order valence-electron chi connectivity index (χ2n) is 7.31. The topological polar surface area (TPSA) is 116 Å². The summed E-state index contributed by atoms with van der Waals surface area (Å²) >= 11 is 10.8. The summed E-state index contributed by atoms with van der Waals surface area (Å²) in [5, 5.41) is 22.8. The number of carbonyl (C=O) groups is 1. The number of halogens is 2. The van der Waals surface area contributed by atoms with Gasteiger partial charge in [0.25, 0.3) is 0 Å². The number of nitrogens with zero attached hydrogens (tertiary/aromatic N) is 5. The fourth-order valence-electron chi connectivity index (χ4n) is 3.38. The van der Waals surface area contributed by atoms with E-state index >= 15 is 0 Å². The van der Waals surface area contributed by atoms with Crippen molar-refractivity contribution in [2.24, 2.45) is 0 Å². The largest absolute Gasteiger partial charge is 0.389 e. The van der Waals surface area contributed by atoms with Crippen molar-refractivity contribution in [3.63, 3.8) is 0 Å². The molecule has 4 rings (SSSR count). The number of aromatic nitrogens is 4. The van der Waals surface area contributed by atoms with Crippen molar-refractivity contribution in [3.05, 3.63) is 45.9 Å². The molecule has 0 radical (unpaired) electrons. The van der Waals surface area contributed by atoms with E-state index in [-0.39, 0.29) is 11.2 Å². The molecule has 1 aromatic carbocycles. The maximum atomic E-state index is 12.4. The van der Waals surface area contributed by atoms with Crippen LogP contribution in [-0.2, 0) is 11.3 Å². The highest BCUT2D eigenvalue weighted by Crippen LogP contribution is 2.44. The van der Waals surface area contributed by atoms with Gasteiger partial charge in [0, 0.05) is 25.1 Å². The minimum Gasteiger partial charge on any atom is -0.389 e. The molecular weight excluding hydrogens is 508 g/mol. The summed E-state index contributed by atoms with van der Waals surface area (Å²) in [6, 6.07) is 7.84. The molecule has 12 heteroatoms. The van der Waals surface area contributed by atoms with Gasteiger partial charge in [-0.25, -0.2) is 4.98 Å². The number of amides is 1. The van der Waals surface area contributed by atoms with Gasteiger partial charge < -0.3 is 20.4 Å². The molecule has 3 heterocycles.